The van der Waals surface area contributed by atoms with Crippen molar-refractivity contribution in [2.45, 2.75) is 65.3 Å². The minimum absolute atomic E-state index is 0.0221. The van der Waals surface area contributed by atoms with Crippen molar-refractivity contribution in [2.75, 3.05) is 12.4 Å². The first kappa shape index (κ1) is 34.5. The van der Waals surface area contributed by atoms with Gasteiger partial charge in [0.2, 0.25) is 5.91 Å². The first-order valence-electron chi connectivity index (χ1n) is 15.3. The van der Waals surface area contributed by atoms with Gasteiger partial charge >= 0.3 is 12.1 Å². The van der Waals surface area contributed by atoms with Gasteiger partial charge in [0, 0.05) is 12.6 Å². The number of nitrogens with one attached hydrogen (secondary N) is 2. The molecule has 0 radical (unpaired) electrons. The van der Waals surface area contributed by atoms with Crippen molar-refractivity contribution in [3.63, 3.8) is 0 Å². The first-order valence-corrected chi connectivity index (χ1v) is 15.3. The van der Waals surface area contributed by atoms with E-state index in [2.05, 4.69) is 10.6 Å². The van der Waals surface area contributed by atoms with Crippen molar-refractivity contribution in [3.05, 3.63) is 129 Å². The molecule has 1 heterocycles. The molecule has 1 atom stereocenters. The number of aryl methyl sites for hydroxylation is 1. The molecule has 47 heavy (non-hydrogen) atoms. The largest absolute Gasteiger partial charge is 0.497 e. The van der Waals surface area contributed by atoms with Crippen LogP contribution in [0.5, 0.6) is 5.75 Å². The average Bonchev–Trinajstić information content (AvgIpc) is 3.04. The Kier molecular flexibility index (Phi) is 11.6. The predicted octanol–water partition coefficient (Wildman–Crippen LogP) is 5.57. The van der Waals surface area contributed by atoms with Crippen LogP contribution in [-0.4, -0.2) is 41.3 Å². The molecule has 0 fully saturated rings. The predicted molar refractivity (Wildman–Crippen MR) is 179 cm³/mol. The highest BCUT2D eigenvalue weighted by atomic mass is 16.6. The van der Waals surface area contributed by atoms with Crippen LogP contribution in [0, 0.1) is 6.92 Å². The van der Waals surface area contributed by atoms with E-state index < -0.39 is 23.6 Å². The number of hydrogen-bond acceptors (Lipinski definition) is 7. The van der Waals surface area contributed by atoms with E-state index in [-0.39, 0.29) is 43.2 Å². The van der Waals surface area contributed by atoms with Gasteiger partial charge < -0.3 is 29.4 Å². The zero-order valence-corrected chi connectivity index (χ0v) is 27.4. The lowest BCUT2D eigenvalue weighted by molar-refractivity contribution is -0.153. The molecule has 0 aliphatic heterocycles. The molecule has 0 saturated carbocycles. The van der Waals surface area contributed by atoms with Gasteiger partial charge in [-0.3, -0.25) is 14.4 Å². The Morgan fingerprint density at radius 2 is 1.47 bits per heavy atom. The minimum atomic E-state index is -1.08. The van der Waals surface area contributed by atoms with Gasteiger partial charge in [0.1, 0.15) is 29.7 Å². The third-order valence-corrected chi connectivity index (χ3v) is 7.19. The minimum Gasteiger partial charge on any atom is -0.497 e. The zero-order valence-electron chi connectivity index (χ0n) is 27.4. The smallest absolute Gasteiger partial charge is 0.408 e. The van der Waals surface area contributed by atoms with Crippen molar-refractivity contribution < 1.29 is 28.6 Å². The summed E-state index contributed by atoms with van der Waals surface area (Å²) in [6.07, 6.45) is 1.09. The number of pyridine rings is 1. The molecule has 3 aromatic carbocycles. The maximum Gasteiger partial charge on any atom is 0.408 e. The van der Waals surface area contributed by atoms with Crippen LogP contribution in [0.25, 0.3) is 0 Å². The maximum absolute atomic E-state index is 13.7. The van der Waals surface area contributed by atoms with E-state index in [0.717, 1.165) is 22.3 Å². The Bertz CT molecular complexity index is 1730. The Labute approximate surface area is 274 Å². The van der Waals surface area contributed by atoms with Crippen molar-refractivity contribution in [3.8, 4) is 5.75 Å². The number of carbonyl (C=O) groups excluding carboxylic acids is 3. The molecule has 10 heteroatoms. The lowest BCUT2D eigenvalue weighted by Crippen LogP contribution is -2.46. The van der Waals surface area contributed by atoms with Gasteiger partial charge in [0.05, 0.1) is 20.1 Å². The van der Waals surface area contributed by atoms with E-state index in [1.165, 1.54) is 4.57 Å². The third-order valence-electron chi connectivity index (χ3n) is 7.19. The molecule has 0 spiro atoms. The van der Waals surface area contributed by atoms with Gasteiger partial charge in [-0.1, -0.05) is 66.7 Å². The molecule has 2 amide bonds. The number of alkyl carbamates (subject to hydrolysis) is 1. The molecular formula is C37H41N3O7. The standard InChI is InChI=1S/C37H41N3O7/c1-25-19-20-40(23-28-15-17-30(45-5)18-16-28)35(43)33(25)39-34(42)31(38-36(44)46-24-29-9-7-6-8-10-29)21-26-11-13-27(14-12-26)22-32(41)47-37(2,3)4/h6-20,31H,21-24H2,1-5H3,(H,38,44)(H,39,42)/t31-/m0/s1. The number of carbonyl (C=O) groups is 3. The van der Waals surface area contributed by atoms with Gasteiger partial charge in [-0.2, -0.15) is 0 Å². The molecule has 2 N–H and O–H groups in total. The Morgan fingerprint density at radius 3 is 2.11 bits per heavy atom. The number of methoxy groups -OCH3 is 1. The number of anilines is 1. The van der Waals surface area contributed by atoms with Crippen LogP contribution >= 0.6 is 0 Å². The summed E-state index contributed by atoms with van der Waals surface area (Å²) in [5.41, 5.74) is 2.86. The van der Waals surface area contributed by atoms with E-state index in [9.17, 15) is 19.2 Å². The topological polar surface area (TPSA) is 125 Å². The first-order chi connectivity index (χ1) is 22.4. The molecular weight excluding hydrogens is 598 g/mol. The lowest BCUT2D eigenvalue weighted by atomic mass is 10.0. The Hall–Kier alpha value is -5.38. The van der Waals surface area contributed by atoms with Gasteiger partial charge in [0.25, 0.3) is 5.56 Å². The van der Waals surface area contributed by atoms with Crippen molar-refractivity contribution in [1.29, 1.82) is 0 Å². The monoisotopic (exact) mass is 639 g/mol. The van der Waals surface area contributed by atoms with Crippen LogP contribution in [0.15, 0.2) is 95.9 Å². The van der Waals surface area contributed by atoms with Crippen LogP contribution < -0.4 is 20.9 Å². The molecule has 246 valence electrons. The number of benzene rings is 3. The third kappa shape index (κ3) is 10.6. The van der Waals surface area contributed by atoms with Gasteiger partial charge in [-0.25, -0.2) is 4.79 Å². The molecule has 10 nitrogen and oxygen atoms in total. The number of nitrogens with zero attached hydrogens (tertiary/aromatic N) is 1. The molecule has 0 saturated heterocycles. The second-order valence-electron chi connectivity index (χ2n) is 12.2. The second-order valence-corrected chi connectivity index (χ2v) is 12.2. The number of aromatic nitrogens is 1. The normalized spacial score (nSPS) is 11.7. The van der Waals surface area contributed by atoms with Crippen LogP contribution in [0.4, 0.5) is 10.5 Å². The number of rotatable bonds is 12. The molecule has 0 unspecified atom stereocenters. The molecule has 4 rings (SSSR count). The highest BCUT2D eigenvalue weighted by Crippen LogP contribution is 2.16. The number of hydrogen-bond donors (Lipinski definition) is 2. The summed E-state index contributed by atoms with van der Waals surface area (Å²) in [6.45, 7) is 7.47. The SMILES string of the molecule is COc1ccc(Cn2ccc(C)c(NC(=O)[C@H](Cc3ccc(CC(=O)OC(C)(C)C)cc3)NC(=O)OCc3ccccc3)c2=O)cc1. The van der Waals surface area contributed by atoms with Crippen LogP contribution in [0.3, 0.4) is 0 Å². The van der Waals surface area contributed by atoms with E-state index in [4.69, 9.17) is 14.2 Å². The van der Waals surface area contributed by atoms with Crippen molar-refractivity contribution in [1.82, 2.24) is 9.88 Å². The fraction of sp³-hybridized carbons (Fsp3) is 0.297. The van der Waals surface area contributed by atoms with Crippen LogP contribution in [-0.2, 0) is 45.1 Å². The summed E-state index contributed by atoms with van der Waals surface area (Å²) in [7, 11) is 1.58. The van der Waals surface area contributed by atoms with Gasteiger partial charge in [-0.05, 0) is 73.7 Å². The zero-order chi connectivity index (χ0) is 34.0. The molecule has 0 aliphatic rings. The quantitative estimate of drug-likeness (QED) is 0.194. The average molecular weight is 640 g/mol. The molecule has 1 aromatic heterocycles. The summed E-state index contributed by atoms with van der Waals surface area (Å²) < 4.78 is 17.5. The fourth-order valence-corrected chi connectivity index (χ4v) is 4.77. The van der Waals surface area contributed by atoms with Crippen molar-refractivity contribution in [2.24, 2.45) is 0 Å². The molecule has 0 bridgehead atoms. The molecule has 4 aromatic rings. The molecule has 0 aliphatic carbocycles. The van der Waals surface area contributed by atoms with Crippen LogP contribution in [0.1, 0.15) is 48.6 Å². The van der Waals surface area contributed by atoms with E-state index >= 15 is 0 Å². The summed E-state index contributed by atoms with van der Waals surface area (Å²) in [4.78, 5) is 52.4. The summed E-state index contributed by atoms with van der Waals surface area (Å²) in [5, 5.41) is 5.42. The Morgan fingerprint density at radius 1 is 0.830 bits per heavy atom. The van der Waals surface area contributed by atoms with Crippen LogP contribution in [0.2, 0.25) is 0 Å². The number of esters is 1. The summed E-state index contributed by atoms with van der Waals surface area (Å²) in [5.74, 6) is -0.223. The van der Waals surface area contributed by atoms with E-state index in [1.54, 1.807) is 50.6 Å². The lowest BCUT2D eigenvalue weighted by Gasteiger charge is -2.20. The van der Waals surface area contributed by atoms with E-state index in [1.807, 2.05) is 75.4 Å². The summed E-state index contributed by atoms with van der Waals surface area (Å²) >= 11 is 0. The fourth-order valence-electron chi connectivity index (χ4n) is 4.77. The summed E-state index contributed by atoms with van der Waals surface area (Å²) in [6, 6.07) is 24.3. The Balaban J connectivity index is 1.51. The highest BCUT2D eigenvalue weighted by Gasteiger charge is 2.24. The van der Waals surface area contributed by atoms with Gasteiger partial charge in [0.15, 0.2) is 0 Å². The highest BCUT2D eigenvalue weighted by molar-refractivity contribution is 5.97. The number of amides is 2. The van der Waals surface area contributed by atoms with Crippen molar-refractivity contribution >= 4 is 23.7 Å². The maximum atomic E-state index is 13.7. The van der Waals surface area contributed by atoms with E-state index in [0.29, 0.717) is 11.3 Å². The number of ether oxygens (including phenoxy) is 3. The second kappa shape index (κ2) is 15.8. The van der Waals surface area contributed by atoms with Gasteiger partial charge in [-0.15, -0.1) is 0 Å².